The van der Waals surface area contributed by atoms with Crippen LogP contribution in [0.25, 0.3) is 0 Å². The van der Waals surface area contributed by atoms with Crippen molar-refractivity contribution in [3.63, 3.8) is 0 Å². The van der Waals surface area contributed by atoms with Crippen molar-refractivity contribution in [2.75, 3.05) is 43.4 Å². The summed E-state index contributed by atoms with van der Waals surface area (Å²) < 4.78 is 67.4. The Morgan fingerprint density at radius 3 is 2.44 bits per heavy atom. The second-order valence-corrected chi connectivity index (χ2v) is 11.5. The van der Waals surface area contributed by atoms with Gasteiger partial charge in [0.05, 0.1) is 35.7 Å². The van der Waals surface area contributed by atoms with Gasteiger partial charge in [0.2, 0.25) is 16.0 Å². The average molecular weight is 497 g/mol. The molecule has 0 spiro atoms. The van der Waals surface area contributed by atoms with E-state index in [0.29, 0.717) is 29.4 Å². The lowest BCUT2D eigenvalue weighted by atomic mass is 9.90. The fourth-order valence-electron chi connectivity index (χ4n) is 4.67. The molecule has 0 N–H and O–H groups in total. The highest BCUT2D eigenvalue weighted by Crippen LogP contribution is 2.50. The maximum absolute atomic E-state index is 12.3. The maximum atomic E-state index is 12.3. The monoisotopic (exact) mass is 496 g/mol. The van der Waals surface area contributed by atoms with Gasteiger partial charge in [0.15, 0.2) is 0 Å². The van der Waals surface area contributed by atoms with Crippen LogP contribution >= 0.6 is 11.6 Å². The molecule has 1 unspecified atom stereocenters. The predicted octanol–water partition coefficient (Wildman–Crippen LogP) is 3.36. The van der Waals surface area contributed by atoms with E-state index in [1.54, 1.807) is 12.4 Å². The number of alkyl halides is 3. The molecule has 1 aliphatic carbocycles. The Bertz CT molecular complexity index is 873. The molecule has 0 bridgehead atoms. The molecule has 7 nitrogen and oxygen atoms in total. The van der Waals surface area contributed by atoms with Gasteiger partial charge < -0.3 is 9.64 Å². The van der Waals surface area contributed by atoms with Crippen LogP contribution in [0.4, 0.5) is 19.1 Å². The summed E-state index contributed by atoms with van der Waals surface area (Å²) >= 11 is 5.85. The quantitative estimate of drug-likeness (QED) is 0.522. The number of piperidine rings is 1. The molecule has 3 aliphatic rings. The van der Waals surface area contributed by atoms with Gasteiger partial charge in [-0.05, 0) is 43.4 Å². The van der Waals surface area contributed by atoms with E-state index in [1.165, 1.54) is 6.42 Å². The lowest BCUT2D eigenvalue weighted by molar-refractivity contribution is -0.130. The molecule has 3 fully saturated rings. The highest BCUT2D eigenvalue weighted by Gasteiger charge is 2.44. The summed E-state index contributed by atoms with van der Waals surface area (Å²) in [6, 6.07) is 0. The Morgan fingerprint density at radius 2 is 1.81 bits per heavy atom. The third-order valence-corrected chi connectivity index (χ3v) is 8.71. The molecule has 0 amide bonds. The van der Waals surface area contributed by atoms with Gasteiger partial charge in [0.1, 0.15) is 0 Å². The van der Waals surface area contributed by atoms with Gasteiger partial charge in [-0.25, -0.2) is 18.4 Å². The minimum Gasteiger partial charge on any atom is -0.375 e. The molecule has 1 aromatic heterocycles. The van der Waals surface area contributed by atoms with Crippen molar-refractivity contribution in [1.82, 2.24) is 14.3 Å². The van der Waals surface area contributed by atoms with Crippen LogP contribution in [0.3, 0.4) is 0 Å². The number of halogens is 4. The zero-order valence-electron chi connectivity index (χ0n) is 17.7. The molecule has 4 rings (SSSR count). The Morgan fingerprint density at radius 1 is 1.16 bits per heavy atom. The fraction of sp³-hybridized carbons (Fsp3) is 0.800. The van der Waals surface area contributed by atoms with E-state index < -0.39 is 28.4 Å². The Balaban J connectivity index is 1.09. The van der Waals surface area contributed by atoms with Gasteiger partial charge in [0, 0.05) is 32.8 Å². The predicted molar refractivity (Wildman–Crippen MR) is 114 cm³/mol. The third kappa shape index (κ3) is 6.24. The van der Waals surface area contributed by atoms with Crippen molar-refractivity contribution < 1.29 is 26.3 Å². The van der Waals surface area contributed by atoms with Crippen LogP contribution in [0.5, 0.6) is 0 Å². The van der Waals surface area contributed by atoms with E-state index in [2.05, 4.69) is 14.9 Å². The van der Waals surface area contributed by atoms with E-state index in [9.17, 15) is 21.6 Å². The molecule has 0 radical (unpaired) electrons. The molecule has 3 heterocycles. The number of aromatic nitrogens is 2. The largest absolute Gasteiger partial charge is 0.390 e. The molecule has 180 valence electrons. The average Bonchev–Trinajstić information content (AvgIpc) is 3.48. The molecule has 1 aromatic rings. The minimum atomic E-state index is -4.46. The standard InChI is InChI=1S/C20H28ClF3N4O3S/c21-16-10-25-19(26-11-16)27-5-1-14(2-6-27)18-9-15(18)3-7-31-17-12-28(13-17)32(29,30)8-4-20(22,23)24/h10-11,14-15,17-18H,1-9,12-13H2/t15?,18-/m1/s1. The summed E-state index contributed by atoms with van der Waals surface area (Å²) in [5, 5.41) is 0.532. The lowest BCUT2D eigenvalue weighted by Gasteiger charge is -2.37. The highest BCUT2D eigenvalue weighted by atomic mass is 35.5. The van der Waals surface area contributed by atoms with Gasteiger partial charge in [0.25, 0.3) is 0 Å². The zero-order valence-corrected chi connectivity index (χ0v) is 19.2. The SMILES string of the molecule is O=S(=O)(CCC(F)(F)F)N1CC(OCCC2C[C@@H]2C2CCN(c3ncc(Cl)cn3)CC2)C1. The van der Waals surface area contributed by atoms with Crippen molar-refractivity contribution in [3.05, 3.63) is 17.4 Å². The number of anilines is 1. The number of hydrogen-bond donors (Lipinski definition) is 0. The molecule has 2 atom stereocenters. The molecular formula is C20H28ClF3N4O3S. The van der Waals surface area contributed by atoms with Gasteiger partial charge in [-0.1, -0.05) is 11.6 Å². The van der Waals surface area contributed by atoms with Crippen molar-refractivity contribution in [1.29, 1.82) is 0 Å². The number of hydrogen-bond acceptors (Lipinski definition) is 6. The summed E-state index contributed by atoms with van der Waals surface area (Å²) in [4.78, 5) is 10.8. The van der Waals surface area contributed by atoms with Crippen molar-refractivity contribution in [3.8, 4) is 0 Å². The van der Waals surface area contributed by atoms with Crippen LogP contribution in [0.15, 0.2) is 12.4 Å². The summed E-state index contributed by atoms with van der Waals surface area (Å²) in [6.45, 7) is 2.75. The van der Waals surface area contributed by atoms with Gasteiger partial charge in [-0.15, -0.1) is 0 Å². The number of ether oxygens (including phenoxy) is 1. The number of rotatable bonds is 9. The second kappa shape index (κ2) is 9.60. The van der Waals surface area contributed by atoms with Crippen molar-refractivity contribution >= 4 is 27.6 Å². The van der Waals surface area contributed by atoms with E-state index in [-0.39, 0.29) is 19.2 Å². The number of nitrogens with zero attached hydrogens (tertiary/aromatic N) is 4. The molecule has 32 heavy (non-hydrogen) atoms. The van der Waals surface area contributed by atoms with Gasteiger partial charge in [-0.3, -0.25) is 0 Å². The molecule has 0 aromatic carbocycles. The number of sulfonamides is 1. The van der Waals surface area contributed by atoms with Crippen LogP contribution in [0.2, 0.25) is 5.02 Å². The van der Waals surface area contributed by atoms with Crippen LogP contribution in [-0.2, 0) is 14.8 Å². The van der Waals surface area contributed by atoms with E-state index in [1.807, 2.05) is 0 Å². The second-order valence-electron chi connectivity index (χ2n) is 8.97. The Labute approximate surface area is 191 Å². The topological polar surface area (TPSA) is 75.6 Å². The summed E-state index contributed by atoms with van der Waals surface area (Å²) in [7, 11) is -3.85. The van der Waals surface area contributed by atoms with Crippen LogP contribution in [0.1, 0.15) is 32.1 Å². The van der Waals surface area contributed by atoms with Crippen LogP contribution < -0.4 is 4.90 Å². The van der Waals surface area contributed by atoms with Crippen molar-refractivity contribution in [2.24, 2.45) is 17.8 Å². The summed E-state index contributed by atoms with van der Waals surface area (Å²) in [6.07, 6.45) is 1.62. The molecule has 12 heteroatoms. The highest BCUT2D eigenvalue weighted by molar-refractivity contribution is 7.89. The third-order valence-electron chi connectivity index (χ3n) is 6.71. The van der Waals surface area contributed by atoms with Gasteiger partial charge >= 0.3 is 6.18 Å². The van der Waals surface area contributed by atoms with Crippen LogP contribution in [0, 0.1) is 17.8 Å². The minimum absolute atomic E-state index is 0.152. The normalized spacial score (nSPS) is 25.7. The maximum Gasteiger partial charge on any atom is 0.390 e. The van der Waals surface area contributed by atoms with E-state index in [0.717, 1.165) is 42.6 Å². The van der Waals surface area contributed by atoms with Gasteiger partial charge in [-0.2, -0.15) is 17.5 Å². The van der Waals surface area contributed by atoms with E-state index in [4.69, 9.17) is 16.3 Å². The first-order valence-corrected chi connectivity index (χ1v) is 13.0. The van der Waals surface area contributed by atoms with Crippen LogP contribution in [-0.4, -0.2) is 73.5 Å². The molecular weight excluding hydrogens is 469 g/mol. The zero-order chi connectivity index (χ0) is 22.9. The van der Waals surface area contributed by atoms with E-state index >= 15 is 0 Å². The lowest BCUT2D eigenvalue weighted by Crippen LogP contribution is -2.55. The first kappa shape index (κ1) is 24.0. The molecule has 2 aliphatic heterocycles. The summed E-state index contributed by atoms with van der Waals surface area (Å²) in [5.41, 5.74) is 0. The Hall–Kier alpha value is -1.17. The smallest absolute Gasteiger partial charge is 0.375 e. The first-order chi connectivity index (χ1) is 15.1. The van der Waals surface area contributed by atoms with Crippen molar-refractivity contribution in [2.45, 2.75) is 44.4 Å². The molecule has 2 saturated heterocycles. The summed E-state index contributed by atoms with van der Waals surface area (Å²) in [5.74, 6) is 1.89. The molecule has 1 saturated carbocycles. The fourth-order valence-corrected chi connectivity index (χ4v) is 6.30. The Kier molecular flexibility index (Phi) is 7.19. The first-order valence-electron chi connectivity index (χ1n) is 11.0.